The fraction of sp³-hybridized carbons (Fsp3) is 0.882. The maximum Gasteiger partial charge on any atom is 0.407 e. The van der Waals surface area contributed by atoms with Crippen LogP contribution in [0.1, 0.15) is 47.0 Å². The molecular weight excluding hydrogens is 433 g/mol. The predicted octanol–water partition coefficient (Wildman–Crippen LogP) is 2.17. The van der Waals surface area contributed by atoms with Gasteiger partial charge in [0.15, 0.2) is 5.96 Å². The van der Waals surface area contributed by atoms with Crippen molar-refractivity contribution in [2.45, 2.75) is 52.6 Å². The summed E-state index contributed by atoms with van der Waals surface area (Å²) >= 11 is 0. The number of nitrogens with zero attached hydrogens (tertiary/aromatic N) is 2. The third kappa shape index (κ3) is 13.1. The van der Waals surface area contributed by atoms with E-state index in [9.17, 15) is 4.79 Å². The first-order valence-electron chi connectivity index (χ1n) is 9.12. The van der Waals surface area contributed by atoms with Crippen molar-refractivity contribution >= 4 is 36.0 Å². The molecule has 0 saturated carbocycles. The van der Waals surface area contributed by atoms with Crippen molar-refractivity contribution in [3.05, 3.63) is 0 Å². The van der Waals surface area contributed by atoms with Crippen molar-refractivity contribution in [3.63, 3.8) is 0 Å². The Morgan fingerprint density at radius 2 is 1.76 bits per heavy atom. The number of hydrogen-bond donors (Lipinski definition) is 3. The predicted molar refractivity (Wildman–Crippen MR) is 114 cm³/mol. The van der Waals surface area contributed by atoms with Gasteiger partial charge < -0.3 is 25.6 Å². The van der Waals surface area contributed by atoms with E-state index in [-0.39, 0.29) is 24.0 Å². The van der Waals surface area contributed by atoms with Crippen LogP contribution in [-0.4, -0.2) is 68.4 Å². The monoisotopic (exact) mass is 469 g/mol. The smallest absolute Gasteiger partial charge is 0.407 e. The minimum atomic E-state index is -0.469. The van der Waals surface area contributed by atoms with Gasteiger partial charge in [-0.2, -0.15) is 0 Å². The Balaban J connectivity index is 0.00000576. The van der Waals surface area contributed by atoms with Crippen LogP contribution in [0.25, 0.3) is 0 Å². The number of nitrogens with one attached hydrogen (secondary N) is 3. The number of halogens is 1. The quantitative estimate of drug-likeness (QED) is 0.220. The van der Waals surface area contributed by atoms with E-state index >= 15 is 0 Å². The number of aliphatic imine (C=N–C) groups is 1. The molecule has 1 saturated heterocycles. The number of guanidine groups is 1. The molecule has 1 fully saturated rings. The summed E-state index contributed by atoms with van der Waals surface area (Å²) in [6, 6.07) is 0. The standard InChI is InChI=1S/C17H35N5O2.HI/c1-5-18-15(19-9-8-14-22-12-6-7-13-22)20-10-11-21-16(23)24-17(2,3)4;/h5-14H2,1-4H3,(H,21,23)(H2,18,19,20);1H. The van der Waals surface area contributed by atoms with Crippen molar-refractivity contribution in [3.8, 4) is 0 Å². The average molecular weight is 469 g/mol. The van der Waals surface area contributed by atoms with Crippen molar-refractivity contribution < 1.29 is 9.53 Å². The zero-order valence-corrected chi connectivity index (χ0v) is 18.5. The Bertz CT molecular complexity index is 393. The third-order valence-electron chi connectivity index (χ3n) is 3.53. The molecule has 25 heavy (non-hydrogen) atoms. The molecule has 0 aromatic carbocycles. The molecule has 0 spiro atoms. The highest BCUT2D eigenvalue weighted by Crippen LogP contribution is 2.07. The van der Waals surface area contributed by atoms with Gasteiger partial charge in [0.25, 0.3) is 0 Å². The first-order chi connectivity index (χ1) is 11.4. The van der Waals surface area contributed by atoms with Crippen LogP contribution >= 0.6 is 24.0 Å². The Morgan fingerprint density at radius 1 is 1.12 bits per heavy atom. The lowest BCUT2D eigenvalue weighted by molar-refractivity contribution is 0.0529. The number of rotatable bonds is 8. The van der Waals surface area contributed by atoms with Gasteiger partial charge in [-0.25, -0.2) is 4.79 Å². The highest BCUT2D eigenvalue weighted by molar-refractivity contribution is 14.0. The summed E-state index contributed by atoms with van der Waals surface area (Å²) < 4.78 is 5.19. The highest BCUT2D eigenvalue weighted by Gasteiger charge is 2.15. The number of hydrogen-bond acceptors (Lipinski definition) is 4. The number of ether oxygens (including phenoxy) is 1. The van der Waals surface area contributed by atoms with E-state index in [0.29, 0.717) is 13.1 Å². The largest absolute Gasteiger partial charge is 0.444 e. The van der Waals surface area contributed by atoms with Crippen LogP contribution in [0, 0.1) is 0 Å². The molecule has 0 bridgehead atoms. The molecule has 7 nitrogen and oxygen atoms in total. The Labute approximate surface area is 169 Å². The van der Waals surface area contributed by atoms with Gasteiger partial charge in [0.2, 0.25) is 0 Å². The normalized spacial score (nSPS) is 15.4. The second-order valence-electron chi connectivity index (χ2n) is 7.02. The zero-order chi connectivity index (χ0) is 17.8. The summed E-state index contributed by atoms with van der Waals surface area (Å²) in [6.45, 7) is 13.9. The van der Waals surface area contributed by atoms with Gasteiger partial charge in [-0.3, -0.25) is 4.99 Å². The molecule has 0 aliphatic carbocycles. The van der Waals surface area contributed by atoms with E-state index in [1.54, 1.807) is 0 Å². The van der Waals surface area contributed by atoms with Gasteiger partial charge in [-0.1, -0.05) is 0 Å². The SMILES string of the molecule is CCNC(=NCCCN1CCCC1)NCCNC(=O)OC(C)(C)C.I. The Hall–Kier alpha value is -0.770. The summed E-state index contributed by atoms with van der Waals surface area (Å²) in [5.41, 5.74) is -0.469. The van der Waals surface area contributed by atoms with E-state index in [1.807, 2.05) is 27.7 Å². The number of amides is 1. The summed E-state index contributed by atoms with van der Waals surface area (Å²) in [5, 5.41) is 9.17. The minimum Gasteiger partial charge on any atom is -0.444 e. The molecular formula is C17H36IN5O2. The average Bonchev–Trinajstić information content (AvgIpc) is 2.99. The molecule has 1 rings (SSSR count). The first kappa shape index (κ1) is 24.2. The summed E-state index contributed by atoms with van der Waals surface area (Å²) in [6.07, 6.45) is 3.35. The molecule has 1 heterocycles. The van der Waals surface area contributed by atoms with Gasteiger partial charge in [0.1, 0.15) is 5.60 Å². The van der Waals surface area contributed by atoms with E-state index in [2.05, 4.69) is 25.8 Å². The molecule has 0 radical (unpaired) electrons. The van der Waals surface area contributed by atoms with Gasteiger partial charge in [0, 0.05) is 26.2 Å². The summed E-state index contributed by atoms with van der Waals surface area (Å²) in [7, 11) is 0. The van der Waals surface area contributed by atoms with Gasteiger partial charge in [-0.05, 0) is 66.6 Å². The summed E-state index contributed by atoms with van der Waals surface area (Å²) in [5.74, 6) is 0.796. The molecule has 0 aromatic heterocycles. The van der Waals surface area contributed by atoms with Crippen LogP contribution in [0.2, 0.25) is 0 Å². The molecule has 0 unspecified atom stereocenters. The number of likely N-dealkylation sites (tertiary alicyclic amines) is 1. The number of alkyl carbamates (subject to hydrolysis) is 1. The molecule has 0 aromatic rings. The van der Waals surface area contributed by atoms with Gasteiger partial charge in [0.05, 0.1) is 0 Å². The van der Waals surface area contributed by atoms with Crippen LogP contribution < -0.4 is 16.0 Å². The van der Waals surface area contributed by atoms with Crippen LogP contribution in [0.4, 0.5) is 4.79 Å². The fourth-order valence-electron chi connectivity index (χ4n) is 2.49. The molecule has 0 atom stereocenters. The highest BCUT2D eigenvalue weighted by atomic mass is 127. The number of carbonyl (C=O) groups is 1. The molecule has 3 N–H and O–H groups in total. The molecule has 1 aliphatic heterocycles. The third-order valence-corrected chi connectivity index (χ3v) is 3.53. The maximum absolute atomic E-state index is 11.6. The molecule has 1 amide bonds. The lowest BCUT2D eigenvalue weighted by Crippen LogP contribution is -2.42. The van der Waals surface area contributed by atoms with Crippen molar-refractivity contribution in [2.75, 3.05) is 45.8 Å². The Kier molecular flexibility index (Phi) is 13.0. The molecule has 1 aliphatic rings. The van der Waals surface area contributed by atoms with Crippen molar-refractivity contribution in [2.24, 2.45) is 4.99 Å². The zero-order valence-electron chi connectivity index (χ0n) is 16.2. The first-order valence-corrected chi connectivity index (χ1v) is 9.12. The molecule has 148 valence electrons. The lowest BCUT2D eigenvalue weighted by atomic mass is 10.2. The van der Waals surface area contributed by atoms with Crippen molar-refractivity contribution in [1.82, 2.24) is 20.9 Å². The Morgan fingerprint density at radius 3 is 2.36 bits per heavy atom. The number of carbonyl (C=O) groups excluding carboxylic acids is 1. The van der Waals surface area contributed by atoms with Crippen molar-refractivity contribution in [1.29, 1.82) is 0 Å². The fourth-order valence-corrected chi connectivity index (χ4v) is 2.49. The van der Waals surface area contributed by atoms with E-state index in [0.717, 1.165) is 32.0 Å². The molecule has 8 heteroatoms. The maximum atomic E-state index is 11.6. The van der Waals surface area contributed by atoms with E-state index < -0.39 is 11.7 Å². The van der Waals surface area contributed by atoms with E-state index in [1.165, 1.54) is 25.9 Å². The lowest BCUT2D eigenvalue weighted by Gasteiger charge is -2.20. The second-order valence-corrected chi connectivity index (χ2v) is 7.02. The van der Waals surface area contributed by atoms with Crippen LogP contribution in [0.15, 0.2) is 4.99 Å². The topological polar surface area (TPSA) is 78.0 Å². The second kappa shape index (κ2) is 13.4. The van der Waals surface area contributed by atoms with E-state index in [4.69, 9.17) is 4.74 Å². The van der Waals surface area contributed by atoms with Crippen LogP contribution in [-0.2, 0) is 4.74 Å². The summed E-state index contributed by atoms with van der Waals surface area (Å²) in [4.78, 5) is 18.6. The van der Waals surface area contributed by atoms with Crippen LogP contribution in [0.5, 0.6) is 0 Å². The van der Waals surface area contributed by atoms with Gasteiger partial charge in [-0.15, -0.1) is 24.0 Å². The van der Waals surface area contributed by atoms with Crippen LogP contribution in [0.3, 0.4) is 0 Å². The minimum absolute atomic E-state index is 0. The van der Waals surface area contributed by atoms with Gasteiger partial charge >= 0.3 is 6.09 Å².